The maximum atomic E-state index is 13.6. The minimum Gasteiger partial charge on any atom is -0.456 e. The van der Waals surface area contributed by atoms with Gasteiger partial charge >= 0.3 is 13.8 Å². The first-order valence-electron chi connectivity index (χ1n) is 36.2. The molecule has 9 nitrogen and oxygen atoms in total. The lowest BCUT2D eigenvalue weighted by molar-refractivity contribution is -0.870. The van der Waals surface area contributed by atoms with Crippen molar-refractivity contribution in [1.82, 2.24) is 5.32 Å². The molecule has 0 saturated heterocycles. The van der Waals surface area contributed by atoms with Gasteiger partial charge in [-0.2, -0.15) is 0 Å². The minimum atomic E-state index is -4.45. The second-order valence-corrected chi connectivity index (χ2v) is 27.6. The van der Waals surface area contributed by atoms with Crippen molar-refractivity contribution in [3.05, 3.63) is 24.3 Å². The van der Waals surface area contributed by atoms with Gasteiger partial charge in [0, 0.05) is 12.8 Å². The van der Waals surface area contributed by atoms with Crippen LogP contribution in [0.25, 0.3) is 0 Å². The van der Waals surface area contributed by atoms with E-state index in [4.69, 9.17) is 13.8 Å². The van der Waals surface area contributed by atoms with Crippen molar-refractivity contribution in [2.24, 2.45) is 0 Å². The molecular formula is C72H142N2O7P+. The van der Waals surface area contributed by atoms with Gasteiger partial charge in [0.05, 0.1) is 33.8 Å². The van der Waals surface area contributed by atoms with Crippen molar-refractivity contribution in [2.45, 2.75) is 386 Å². The number of nitrogens with one attached hydrogen (secondary N) is 1. The van der Waals surface area contributed by atoms with E-state index in [-0.39, 0.29) is 25.1 Å². The summed E-state index contributed by atoms with van der Waals surface area (Å²) in [6, 6.07) is -0.845. The van der Waals surface area contributed by atoms with Crippen LogP contribution >= 0.6 is 7.82 Å². The molecule has 0 aromatic carbocycles. The first-order valence-corrected chi connectivity index (χ1v) is 37.7. The number of phosphoric ester groups is 1. The highest BCUT2D eigenvalue weighted by molar-refractivity contribution is 7.47. The fraction of sp³-hybridized carbons (Fsp3) is 0.917. The molecule has 0 rings (SSSR count). The summed E-state index contributed by atoms with van der Waals surface area (Å²) >= 11 is 0. The number of ether oxygens (including phenoxy) is 1. The van der Waals surface area contributed by atoms with Crippen molar-refractivity contribution in [2.75, 3.05) is 40.9 Å². The predicted molar refractivity (Wildman–Crippen MR) is 356 cm³/mol. The highest BCUT2D eigenvalue weighted by Gasteiger charge is 2.30. The predicted octanol–water partition coefficient (Wildman–Crippen LogP) is 22.9. The van der Waals surface area contributed by atoms with Crippen LogP contribution in [0.2, 0.25) is 0 Å². The molecule has 0 fully saturated rings. The highest BCUT2D eigenvalue weighted by Crippen LogP contribution is 2.43. The van der Waals surface area contributed by atoms with Crippen LogP contribution in [0.1, 0.15) is 374 Å². The summed E-state index contributed by atoms with van der Waals surface area (Å²) in [7, 11) is 1.51. The molecule has 0 radical (unpaired) electrons. The molecule has 486 valence electrons. The largest absolute Gasteiger partial charge is 0.472 e. The van der Waals surface area contributed by atoms with Crippen LogP contribution in [-0.2, 0) is 27.9 Å². The Bertz CT molecular complexity index is 1450. The first-order chi connectivity index (χ1) is 39.9. The molecule has 0 aliphatic rings. The Kier molecular flexibility index (Phi) is 61.4. The third kappa shape index (κ3) is 63.0. The number of phosphoric acid groups is 1. The Morgan fingerprint density at radius 1 is 0.415 bits per heavy atom. The number of likely N-dealkylation sites (N-methyl/N-ethyl adjacent to an activating group) is 1. The van der Waals surface area contributed by atoms with Crippen molar-refractivity contribution < 1.29 is 37.3 Å². The van der Waals surface area contributed by atoms with Gasteiger partial charge in [-0.05, 0) is 57.4 Å². The second kappa shape index (κ2) is 62.5. The van der Waals surface area contributed by atoms with E-state index in [1.807, 2.05) is 33.3 Å². The molecule has 0 heterocycles. The van der Waals surface area contributed by atoms with Gasteiger partial charge in [0.1, 0.15) is 19.3 Å². The Morgan fingerprint density at radius 2 is 0.707 bits per heavy atom. The number of quaternary nitrogens is 1. The SMILES string of the molecule is CCCCCCCC/C=C/CCCCCCCCCC(=O)OC(/C=C\CCCCCCCCCCCC)C(COP(=O)(O)OCC[N+](C)(C)C)NC(=O)CCCCCCCCCCCCCCCCCCCCCCCCCCCCC. The van der Waals surface area contributed by atoms with Gasteiger partial charge in [0.25, 0.3) is 0 Å². The maximum absolute atomic E-state index is 13.6. The summed E-state index contributed by atoms with van der Waals surface area (Å²) in [4.78, 5) is 37.9. The van der Waals surface area contributed by atoms with E-state index in [0.717, 1.165) is 57.8 Å². The molecule has 0 aliphatic carbocycles. The molecule has 1 amide bonds. The van der Waals surface area contributed by atoms with Gasteiger partial charge < -0.3 is 19.4 Å². The van der Waals surface area contributed by atoms with E-state index in [1.54, 1.807) is 0 Å². The van der Waals surface area contributed by atoms with Gasteiger partial charge in [-0.25, -0.2) is 4.57 Å². The number of esters is 1. The van der Waals surface area contributed by atoms with E-state index in [9.17, 15) is 19.0 Å². The number of nitrogens with zero attached hydrogens (tertiary/aromatic N) is 1. The van der Waals surface area contributed by atoms with Crippen molar-refractivity contribution in [3.63, 3.8) is 0 Å². The van der Waals surface area contributed by atoms with Gasteiger partial charge in [-0.1, -0.05) is 328 Å². The number of carbonyl (C=O) groups is 2. The van der Waals surface area contributed by atoms with E-state index < -0.39 is 20.0 Å². The average molecular weight is 1180 g/mol. The fourth-order valence-electron chi connectivity index (χ4n) is 11.1. The summed E-state index contributed by atoms with van der Waals surface area (Å²) in [5.41, 5.74) is 0. The summed E-state index contributed by atoms with van der Waals surface area (Å²) in [5.74, 6) is -0.488. The molecule has 0 saturated carbocycles. The second-order valence-electron chi connectivity index (χ2n) is 26.1. The van der Waals surface area contributed by atoms with Crippen LogP contribution < -0.4 is 5.32 Å². The van der Waals surface area contributed by atoms with E-state index >= 15 is 0 Å². The van der Waals surface area contributed by atoms with Crippen molar-refractivity contribution in [1.29, 1.82) is 0 Å². The van der Waals surface area contributed by atoms with Crippen LogP contribution in [0.15, 0.2) is 24.3 Å². The lowest BCUT2D eigenvalue weighted by atomic mass is 10.0. The van der Waals surface area contributed by atoms with E-state index in [1.165, 1.54) is 283 Å². The Morgan fingerprint density at radius 3 is 1.04 bits per heavy atom. The van der Waals surface area contributed by atoms with Gasteiger partial charge in [-0.15, -0.1) is 0 Å². The zero-order valence-electron chi connectivity index (χ0n) is 55.8. The number of allylic oxidation sites excluding steroid dienone is 3. The molecule has 0 aromatic heterocycles. The lowest BCUT2D eigenvalue weighted by Crippen LogP contribution is -2.47. The zero-order valence-corrected chi connectivity index (χ0v) is 56.7. The molecule has 0 bridgehead atoms. The zero-order chi connectivity index (χ0) is 60.0. The van der Waals surface area contributed by atoms with Crippen molar-refractivity contribution in [3.8, 4) is 0 Å². The maximum Gasteiger partial charge on any atom is 0.472 e. The molecule has 0 aromatic rings. The molecule has 0 aliphatic heterocycles. The minimum absolute atomic E-state index is 0.0435. The quantitative estimate of drug-likeness (QED) is 0.0205. The van der Waals surface area contributed by atoms with Crippen molar-refractivity contribution >= 4 is 19.7 Å². The Labute approximate surface area is 511 Å². The summed E-state index contributed by atoms with van der Waals surface area (Å²) < 4.78 is 30.8. The monoisotopic (exact) mass is 1180 g/mol. The van der Waals surface area contributed by atoms with Gasteiger partial charge in [0.15, 0.2) is 0 Å². The standard InChI is InChI=1S/C72H141N2O7P/c1-7-10-13-16-19-22-25-28-30-32-33-34-35-36-37-38-39-40-41-43-44-46-49-52-55-58-61-64-71(75)73-69(68-80-82(77,78)79-67-66-74(4,5)6)70(63-60-57-54-51-48-27-24-21-18-15-12-9-3)81-72(76)65-62-59-56-53-50-47-45-42-31-29-26-23-20-17-14-11-8-2/h29,31,60,63,69-70H,7-28,30,32-59,61-62,64-68H2,1-6H3,(H-,73,75,77,78)/p+1/b31-29+,63-60-. The molecule has 3 atom stereocenters. The molecule has 82 heavy (non-hydrogen) atoms. The van der Waals surface area contributed by atoms with Crippen LogP contribution in [0.3, 0.4) is 0 Å². The summed E-state index contributed by atoms with van der Waals surface area (Å²) in [5, 5.41) is 3.08. The fourth-order valence-corrected chi connectivity index (χ4v) is 11.8. The summed E-state index contributed by atoms with van der Waals surface area (Å²) in [6.07, 6.45) is 76.3. The number of carbonyl (C=O) groups excluding carboxylic acids is 2. The Balaban J connectivity index is 4.96. The smallest absolute Gasteiger partial charge is 0.456 e. The molecule has 2 N–H and O–H groups in total. The topological polar surface area (TPSA) is 111 Å². The van der Waals surface area contributed by atoms with Gasteiger partial charge in [-0.3, -0.25) is 18.6 Å². The number of unbranched alkanes of at least 4 members (excludes halogenated alkanes) is 49. The average Bonchev–Trinajstić information content (AvgIpc) is 3.44. The van der Waals surface area contributed by atoms with E-state index in [0.29, 0.717) is 23.9 Å². The van der Waals surface area contributed by atoms with Crippen LogP contribution in [0.5, 0.6) is 0 Å². The number of hydrogen-bond donors (Lipinski definition) is 2. The highest BCUT2D eigenvalue weighted by atomic mass is 31.2. The third-order valence-corrected chi connectivity index (χ3v) is 17.6. The summed E-state index contributed by atoms with van der Waals surface area (Å²) in [6.45, 7) is 7.07. The molecular weight excluding hydrogens is 1040 g/mol. The molecule has 0 spiro atoms. The number of hydrogen-bond acceptors (Lipinski definition) is 6. The number of rotatable bonds is 67. The first kappa shape index (κ1) is 80.5. The van der Waals surface area contributed by atoms with Crippen LogP contribution in [0, 0.1) is 0 Å². The van der Waals surface area contributed by atoms with Crippen LogP contribution in [-0.4, -0.2) is 74.3 Å². The van der Waals surface area contributed by atoms with E-state index in [2.05, 4.69) is 38.2 Å². The lowest BCUT2D eigenvalue weighted by Gasteiger charge is -2.27. The molecule has 3 unspecified atom stereocenters. The third-order valence-electron chi connectivity index (χ3n) is 16.6. The molecule has 10 heteroatoms. The Hall–Kier alpha value is -1.51. The van der Waals surface area contributed by atoms with Gasteiger partial charge in [0.2, 0.25) is 5.91 Å². The van der Waals surface area contributed by atoms with Crippen LogP contribution in [0.4, 0.5) is 0 Å². The number of amides is 1. The normalized spacial score (nSPS) is 13.6.